The van der Waals surface area contributed by atoms with Gasteiger partial charge in [0, 0.05) is 23.0 Å². The van der Waals surface area contributed by atoms with Gasteiger partial charge in [-0.05, 0) is 18.2 Å². The first kappa shape index (κ1) is 23.2. The van der Waals surface area contributed by atoms with E-state index in [0.717, 1.165) is 0 Å². The second kappa shape index (κ2) is 9.22. The number of carbonyl (C=O) groups excluding carboxylic acids is 1. The molecule has 4 heterocycles. The standard InChI is InChI=1S/C22H16F3N7O4/c23-22(24,25)11-27-20(34)12-5-6-13(26-8-12)10-35-21-16-4-2-1-3-15(16)18-28-29-19(32(18)30-21)17-7-14(9-33)36-31-17/h1-8,33H,9-11H2,(H,27,34). The molecule has 0 aliphatic rings. The van der Waals surface area contributed by atoms with Gasteiger partial charge in [0.25, 0.3) is 5.91 Å². The van der Waals surface area contributed by atoms with Crippen LogP contribution in [0.25, 0.3) is 27.9 Å². The Morgan fingerprint density at radius 1 is 1.14 bits per heavy atom. The van der Waals surface area contributed by atoms with Crippen molar-refractivity contribution in [3.8, 4) is 17.4 Å². The number of carbonyl (C=O) groups is 1. The molecule has 0 radical (unpaired) electrons. The van der Waals surface area contributed by atoms with Gasteiger partial charge in [-0.15, -0.1) is 15.3 Å². The molecule has 0 bridgehead atoms. The smallest absolute Gasteiger partial charge is 0.405 e. The fourth-order valence-corrected chi connectivity index (χ4v) is 3.38. The number of hydrogen-bond acceptors (Lipinski definition) is 9. The maximum absolute atomic E-state index is 12.3. The minimum Gasteiger partial charge on any atom is -0.470 e. The Morgan fingerprint density at radius 3 is 2.64 bits per heavy atom. The predicted octanol–water partition coefficient (Wildman–Crippen LogP) is 2.69. The Morgan fingerprint density at radius 2 is 1.94 bits per heavy atom. The van der Waals surface area contributed by atoms with Crippen molar-refractivity contribution in [1.29, 1.82) is 0 Å². The lowest BCUT2D eigenvalue weighted by molar-refractivity contribution is -0.123. The minimum atomic E-state index is -4.51. The van der Waals surface area contributed by atoms with Gasteiger partial charge in [-0.2, -0.15) is 17.7 Å². The van der Waals surface area contributed by atoms with Crippen molar-refractivity contribution in [2.45, 2.75) is 19.4 Å². The highest BCUT2D eigenvalue weighted by Crippen LogP contribution is 2.29. The van der Waals surface area contributed by atoms with Crippen molar-refractivity contribution in [1.82, 2.24) is 35.3 Å². The number of rotatable bonds is 7. The fraction of sp³-hybridized carbons (Fsp3) is 0.182. The number of ether oxygens (including phenoxy) is 1. The monoisotopic (exact) mass is 499 g/mol. The summed E-state index contributed by atoms with van der Waals surface area (Å²) in [4.78, 5) is 16.0. The van der Waals surface area contributed by atoms with Gasteiger partial charge in [-0.25, -0.2) is 0 Å². The molecule has 0 spiro atoms. The van der Waals surface area contributed by atoms with E-state index in [1.165, 1.54) is 28.9 Å². The first-order chi connectivity index (χ1) is 17.3. The minimum absolute atomic E-state index is 0.0167. The zero-order chi connectivity index (χ0) is 25.3. The molecule has 11 nitrogen and oxygen atoms in total. The van der Waals surface area contributed by atoms with E-state index >= 15 is 0 Å². The Balaban J connectivity index is 1.40. The molecular formula is C22H16F3N7O4. The molecule has 0 aliphatic carbocycles. The number of aliphatic hydroxyl groups is 1. The average Bonchev–Trinajstić information content (AvgIpc) is 3.52. The van der Waals surface area contributed by atoms with Crippen LogP contribution in [0.1, 0.15) is 21.8 Å². The molecular weight excluding hydrogens is 483 g/mol. The van der Waals surface area contributed by atoms with Crippen molar-refractivity contribution in [2.24, 2.45) is 0 Å². The number of benzene rings is 1. The van der Waals surface area contributed by atoms with Crippen LogP contribution in [0.4, 0.5) is 13.2 Å². The van der Waals surface area contributed by atoms with Gasteiger partial charge in [-0.1, -0.05) is 23.4 Å². The van der Waals surface area contributed by atoms with Crippen LogP contribution in [0.15, 0.2) is 53.2 Å². The van der Waals surface area contributed by atoms with Crippen molar-refractivity contribution < 1.29 is 32.3 Å². The van der Waals surface area contributed by atoms with Crippen LogP contribution >= 0.6 is 0 Å². The lowest BCUT2D eigenvalue weighted by Crippen LogP contribution is -2.33. The summed E-state index contributed by atoms with van der Waals surface area (Å²) >= 11 is 0. The number of pyridine rings is 1. The molecule has 184 valence electrons. The van der Waals surface area contributed by atoms with Crippen LogP contribution in [0, 0.1) is 0 Å². The molecule has 0 atom stereocenters. The van der Waals surface area contributed by atoms with Gasteiger partial charge in [0.2, 0.25) is 11.7 Å². The fourth-order valence-electron chi connectivity index (χ4n) is 3.38. The second-order valence-electron chi connectivity index (χ2n) is 7.57. The molecule has 0 fully saturated rings. The number of amides is 1. The van der Waals surface area contributed by atoms with Gasteiger partial charge < -0.3 is 19.7 Å². The van der Waals surface area contributed by atoms with Crippen molar-refractivity contribution in [3.05, 3.63) is 65.7 Å². The number of halogens is 3. The summed E-state index contributed by atoms with van der Waals surface area (Å²) in [6, 6.07) is 11.6. The van der Waals surface area contributed by atoms with E-state index in [4.69, 9.17) is 9.26 Å². The van der Waals surface area contributed by atoms with Crippen LogP contribution in [0.5, 0.6) is 5.88 Å². The van der Waals surface area contributed by atoms with E-state index in [2.05, 4.69) is 25.4 Å². The summed E-state index contributed by atoms with van der Waals surface area (Å²) in [7, 11) is 0. The molecule has 5 aromatic rings. The highest BCUT2D eigenvalue weighted by atomic mass is 19.4. The SMILES string of the molecule is O=C(NCC(F)(F)F)c1ccc(COc2nn3c(-c4cc(CO)on4)nnc3c3ccccc23)nc1. The Labute approximate surface area is 199 Å². The van der Waals surface area contributed by atoms with Crippen LogP contribution in [-0.4, -0.2) is 53.7 Å². The van der Waals surface area contributed by atoms with E-state index in [0.29, 0.717) is 27.8 Å². The topological polar surface area (TPSA) is 141 Å². The molecule has 5 rings (SSSR count). The van der Waals surface area contributed by atoms with Crippen LogP contribution < -0.4 is 10.1 Å². The molecule has 0 aliphatic heterocycles. The lowest BCUT2D eigenvalue weighted by Gasteiger charge is -2.10. The number of fused-ring (bicyclic) bond motifs is 3. The van der Waals surface area contributed by atoms with E-state index in [-0.39, 0.29) is 36.2 Å². The summed E-state index contributed by atoms with van der Waals surface area (Å²) in [6.07, 6.45) is -3.34. The normalized spacial score (nSPS) is 11.8. The van der Waals surface area contributed by atoms with Gasteiger partial charge in [-0.3, -0.25) is 9.78 Å². The third kappa shape index (κ3) is 4.65. The molecule has 0 saturated carbocycles. The number of aromatic nitrogens is 6. The van der Waals surface area contributed by atoms with Gasteiger partial charge >= 0.3 is 6.18 Å². The highest BCUT2D eigenvalue weighted by Gasteiger charge is 2.28. The lowest BCUT2D eigenvalue weighted by atomic mass is 10.2. The zero-order valence-electron chi connectivity index (χ0n) is 18.2. The number of aliphatic hydroxyl groups excluding tert-OH is 1. The molecule has 2 N–H and O–H groups in total. The van der Waals surface area contributed by atoms with Gasteiger partial charge in [0.15, 0.2) is 17.1 Å². The maximum atomic E-state index is 12.3. The van der Waals surface area contributed by atoms with Crippen molar-refractivity contribution >= 4 is 22.3 Å². The van der Waals surface area contributed by atoms with Gasteiger partial charge in [0.1, 0.15) is 19.8 Å². The number of nitrogens with zero attached hydrogens (tertiary/aromatic N) is 6. The number of alkyl halides is 3. The highest BCUT2D eigenvalue weighted by molar-refractivity contribution is 5.97. The van der Waals surface area contributed by atoms with E-state index in [9.17, 15) is 23.1 Å². The quantitative estimate of drug-likeness (QED) is 0.346. The van der Waals surface area contributed by atoms with E-state index < -0.39 is 18.6 Å². The molecule has 1 amide bonds. The molecule has 1 aromatic carbocycles. The first-order valence-corrected chi connectivity index (χ1v) is 10.5. The maximum Gasteiger partial charge on any atom is 0.405 e. The average molecular weight is 499 g/mol. The summed E-state index contributed by atoms with van der Waals surface area (Å²) in [5, 5.41) is 29.1. The van der Waals surface area contributed by atoms with E-state index in [1.807, 2.05) is 18.2 Å². The van der Waals surface area contributed by atoms with Crippen molar-refractivity contribution in [2.75, 3.05) is 6.54 Å². The summed E-state index contributed by atoms with van der Waals surface area (Å²) in [5.41, 5.74) is 1.17. The largest absolute Gasteiger partial charge is 0.470 e. The van der Waals surface area contributed by atoms with Crippen LogP contribution in [0.2, 0.25) is 0 Å². The third-order valence-electron chi connectivity index (χ3n) is 5.07. The summed E-state index contributed by atoms with van der Waals surface area (Å²) in [6.45, 7) is -1.80. The summed E-state index contributed by atoms with van der Waals surface area (Å²) in [5.74, 6) is -0.126. The summed E-state index contributed by atoms with van der Waals surface area (Å²) < 4.78 is 49.3. The Hall–Kier alpha value is -4.59. The first-order valence-electron chi connectivity index (χ1n) is 10.5. The van der Waals surface area contributed by atoms with Gasteiger partial charge in [0.05, 0.1) is 11.3 Å². The second-order valence-corrected chi connectivity index (χ2v) is 7.57. The Bertz CT molecular complexity index is 1550. The molecule has 36 heavy (non-hydrogen) atoms. The van der Waals surface area contributed by atoms with Crippen LogP contribution in [-0.2, 0) is 13.2 Å². The van der Waals surface area contributed by atoms with Crippen LogP contribution in [0.3, 0.4) is 0 Å². The molecule has 14 heteroatoms. The molecule has 0 unspecified atom stereocenters. The molecule has 4 aromatic heterocycles. The molecule has 0 saturated heterocycles. The predicted molar refractivity (Wildman–Crippen MR) is 117 cm³/mol. The third-order valence-corrected chi connectivity index (χ3v) is 5.07. The zero-order valence-corrected chi connectivity index (χ0v) is 18.2. The number of nitrogens with one attached hydrogen (secondary N) is 1. The Kier molecular flexibility index (Phi) is 5.93. The van der Waals surface area contributed by atoms with E-state index in [1.54, 1.807) is 11.4 Å². The number of hydrogen-bond donors (Lipinski definition) is 2. The van der Waals surface area contributed by atoms with Crippen molar-refractivity contribution in [3.63, 3.8) is 0 Å².